The van der Waals surface area contributed by atoms with Crippen molar-refractivity contribution < 1.29 is 19.4 Å². The number of carbonyl (C=O) groups is 2. The number of hydrogen-bond donors (Lipinski definition) is 1. The summed E-state index contributed by atoms with van der Waals surface area (Å²) in [6.07, 6.45) is 2.95. The van der Waals surface area contributed by atoms with Gasteiger partial charge in [-0.1, -0.05) is 50.1 Å². The second-order valence-electron chi connectivity index (χ2n) is 5.24. The molecule has 2 atom stereocenters. The molecule has 0 bridgehead atoms. The molecule has 116 valence electrons. The van der Waals surface area contributed by atoms with E-state index >= 15 is 0 Å². The summed E-state index contributed by atoms with van der Waals surface area (Å²) in [5.74, 6) is -2.31. The average molecular weight is 292 g/mol. The first-order valence-corrected chi connectivity index (χ1v) is 7.50. The predicted octanol–water partition coefficient (Wildman–Crippen LogP) is 3.61. The summed E-state index contributed by atoms with van der Waals surface area (Å²) >= 11 is 0. The van der Waals surface area contributed by atoms with Gasteiger partial charge in [0.15, 0.2) is 5.92 Å². The summed E-state index contributed by atoms with van der Waals surface area (Å²) in [6, 6.07) is 10.2. The number of ether oxygens (including phenoxy) is 1. The lowest BCUT2D eigenvalue weighted by Gasteiger charge is -2.13. The number of hydrogen-bond acceptors (Lipinski definition) is 3. The topological polar surface area (TPSA) is 63.6 Å². The van der Waals surface area contributed by atoms with E-state index in [2.05, 4.69) is 19.1 Å². The number of rotatable bonds is 9. The minimum Gasteiger partial charge on any atom is -0.481 e. The molecule has 0 radical (unpaired) electrons. The Kier molecular flexibility index (Phi) is 7.51. The van der Waals surface area contributed by atoms with Crippen molar-refractivity contribution >= 4 is 11.9 Å². The van der Waals surface area contributed by atoms with Gasteiger partial charge in [-0.2, -0.15) is 0 Å². The summed E-state index contributed by atoms with van der Waals surface area (Å²) in [5.41, 5.74) is 1.29. The molecule has 0 amide bonds. The lowest BCUT2D eigenvalue weighted by Crippen LogP contribution is -2.25. The molecule has 1 aromatic rings. The third-order valence-electron chi connectivity index (χ3n) is 3.62. The maximum Gasteiger partial charge on any atom is 0.320 e. The van der Waals surface area contributed by atoms with Gasteiger partial charge in [0.05, 0.1) is 6.61 Å². The highest BCUT2D eigenvalue weighted by Crippen LogP contribution is 2.22. The Morgan fingerprint density at radius 1 is 1.14 bits per heavy atom. The highest BCUT2D eigenvalue weighted by Gasteiger charge is 2.26. The molecule has 4 heteroatoms. The molecular weight excluding hydrogens is 268 g/mol. The van der Waals surface area contributed by atoms with Crippen LogP contribution in [0.15, 0.2) is 30.3 Å². The minimum absolute atomic E-state index is 0.216. The number of esters is 1. The van der Waals surface area contributed by atoms with Crippen LogP contribution in [0, 0.1) is 5.92 Å². The van der Waals surface area contributed by atoms with Gasteiger partial charge in [-0.3, -0.25) is 9.59 Å². The van der Waals surface area contributed by atoms with Gasteiger partial charge in [0.1, 0.15) is 0 Å². The molecule has 0 heterocycles. The van der Waals surface area contributed by atoms with E-state index in [1.54, 1.807) is 6.92 Å². The monoisotopic (exact) mass is 292 g/mol. The van der Waals surface area contributed by atoms with Gasteiger partial charge in [0.25, 0.3) is 0 Å². The van der Waals surface area contributed by atoms with Crippen LogP contribution in [0.5, 0.6) is 0 Å². The minimum atomic E-state index is -1.09. The van der Waals surface area contributed by atoms with Crippen molar-refractivity contribution in [3.8, 4) is 0 Å². The Balaban J connectivity index is 2.34. The number of aliphatic carboxylic acids is 1. The van der Waals surface area contributed by atoms with Crippen LogP contribution in [-0.2, 0) is 14.3 Å². The predicted molar refractivity (Wildman–Crippen MR) is 81.1 cm³/mol. The zero-order valence-corrected chi connectivity index (χ0v) is 12.7. The summed E-state index contributed by atoms with van der Waals surface area (Å²) in [7, 11) is 0. The molecule has 0 aliphatic carbocycles. The molecule has 0 aromatic heterocycles. The van der Waals surface area contributed by atoms with Crippen molar-refractivity contribution in [2.45, 2.75) is 45.4 Å². The highest BCUT2D eigenvalue weighted by molar-refractivity contribution is 5.93. The van der Waals surface area contributed by atoms with E-state index in [-0.39, 0.29) is 6.61 Å². The molecular formula is C17H24O4. The van der Waals surface area contributed by atoms with Gasteiger partial charge in [-0.05, 0) is 31.2 Å². The number of benzene rings is 1. The molecule has 0 fully saturated rings. The normalized spacial score (nSPS) is 13.4. The van der Waals surface area contributed by atoms with Gasteiger partial charge in [-0.25, -0.2) is 0 Å². The molecule has 0 aliphatic rings. The first kappa shape index (κ1) is 17.2. The molecule has 0 saturated carbocycles. The van der Waals surface area contributed by atoms with Gasteiger partial charge in [-0.15, -0.1) is 0 Å². The fourth-order valence-corrected chi connectivity index (χ4v) is 2.33. The standard InChI is InChI=1S/C17H24O4/c1-3-21-17(20)15(16(18)19)12-8-7-9-13(2)14-10-5-4-6-11-14/h4-6,10-11,13,15H,3,7-9,12H2,1-2H3,(H,18,19). The second kappa shape index (κ2) is 9.16. The van der Waals surface area contributed by atoms with Crippen molar-refractivity contribution in [2.75, 3.05) is 6.61 Å². The highest BCUT2D eigenvalue weighted by atomic mass is 16.5. The van der Waals surface area contributed by atoms with Crippen LogP contribution in [-0.4, -0.2) is 23.7 Å². The van der Waals surface area contributed by atoms with E-state index in [0.29, 0.717) is 18.8 Å². The SMILES string of the molecule is CCOC(=O)C(CCCCC(C)c1ccccc1)C(=O)O. The Labute approximate surface area is 126 Å². The van der Waals surface area contributed by atoms with E-state index in [9.17, 15) is 9.59 Å². The van der Waals surface area contributed by atoms with Gasteiger partial charge in [0.2, 0.25) is 0 Å². The zero-order valence-electron chi connectivity index (χ0n) is 12.7. The van der Waals surface area contributed by atoms with Crippen molar-refractivity contribution in [3.63, 3.8) is 0 Å². The lowest BCUT2D eigenvalue weighted by atomic mass is 9.93. The molecule has 1 N–H and O–H groups in total. The maximum atomic E-state index is 11.5. The van der Waals surface area contributed by atoms with Crippen LogP contribution in [0.25, 0.3) is 0 Å². The zero-order chi connectivity index (χ0) is 15.7. The molecule has 4 nitrogen and oxygen atoms in total. The third-order valence-corrected chi connectivity index (χ3v) is 3.62. The smallest absolute Gasteiger partial charge is 0.320 e. The third kappa shape index (κ3) is 5.98. The van der Waals surface area contributed by atoms with E-state index in [1.165, 1.54) is 5.56 Å². The molecule has 0 saturated heterocycles. The summed E-state index contributed by atoms with van der Waals surface area (Å²) < 4.78 is 4.79. The summed E-state index contributed by atoms with van der Waals surface area (Å²) in [4.78, 5) is 22.6. The van der Waals surface area contributed by atoms with Crippen LogP contribution in [0.3, 0.4) is 0 Å². The van der Waals surface area contributed by atoms with Gasteiger partial charge < -0.3 is 9.84 Å². The Bertz CT molecular complexity index is 441. The number of carboxylic acids is 1. The number of carbonyl (C=O) groups excluding carboxylic acids is 1. The van der Waals surface area contributed by atoms with Crippen LogP contribution in [0.4, 0.5) is 0 Å². The van der Waals surface area contributed by atoms with E-state index in [1.807, 2.05) is 18.2 Å². The van der Waals surface area contributed by atoms with E-state index in [4.69, 9.17) is 9.84 Å². The molecule has 0 spiro atoms. The van der Waals surface area contributed by atoms with Gasteiger partial charge >= 0.3 is 11.9 Å². The molecule has 2 unspecified atom stereocenters. The molecule has 1 rings (SSSR count). The fraction of sp³-hybridized carbons (Fsp3) is 0.529. The van der Waals surface area contributed by atoms with Crippen molar-refractivity contribution in [1.82, 2.24) is 0 Å². The number of carboxylic acid groups (broad SMARTS) is 1. The van der Waals surface area contributed by atoms with Crippen LogP contribution in [0.2, 0.25) is 0 Å². The molecule has 21 heavy (non-hydrogen) atoms. The van der Waals surface area contributed by atoms with Crippen molar-refractivity contribution in [3.05, 3.63) is 35.9 Å². The quantitative estimate of drug-likeness (QED) is 0.429. The van der Waals surface area contributed by atoms with Crippen LogP contribution < -0.4 is 0 Å². The van der Waals surface area contributed by atoms with Crippen molar-refractivity contribution in [2.24, 2.45) is 5.92 Å². The Morgan fingerprint density at radius 2 is 1.76 bits per heavy atom. The molecule has 1 aromatic carbocycles. The van der Waals surface area contributed by atoms with Crippen LogP contribution in [0.1, 0.15) is 51.0 Å². The average Bonchev–Trinajstić information content (AvgIpc) is 2.47. The lowest BCUT2D eigenvalue weighted by molar-refractivity contribution is -0.158. The fourth-order valence-electron chi connectivity index (χ4n) is 2.33. The van der Waals surface area contributed by atoms with E-state index in [0.717, 1.165) is 12.8 Å². The summed E-state index contributed by atoms with van der Waals surface area (Å²) in [6.45, 7) is 4.06. The Hall–Kier alpha value is -1.84. The Morgan fingerprint density at radius 3 is 2.33 bits per heavy atom. The summed E-state index contributed by atoms with van der Waals surface area (Å²) in [5, 5.41) is 9.06. The number of unbranched alkanes of at least 4 members (excludes halogenated alkanes) is 1. The van der Waals surface area contributed by atoms with Crippen LogP contribution >= 0.6 is 0 Å². The van der Waals surface area contributed by atoms with E-state index < -0.39 is 17.9 Å². The first-order valence-electron chi connectivity index (χ1n) is 7.50. The molecule has 0 aliphatic heterocycles. The maximum absolute atomic E-state index is 11.5. The largest absolute Gasteiger partial charge is 0.481 e. The first-order chi connectivity index (χ1) is 10.1. The second-order valence-corrected chi connectivity index (χ2v) is 5.24. The van der Waals surface area contributed by atoms with Crippen molar-refractivity contribution in [1.29, 1.82) is 0 Å². The van der Waals surface area contributed by atoms with Gasteiger partial charge in [0, 0.05) is 0 Å².